The summed E-state index contributed by atoms with van der Waals surface area (Å²) in [6.45, 7) is 5.54. The number of hydrogen-bond donors (Lipinski definition) is 1. The molecule has 0 aliphatic heterocycles. The number of aromatic nitrogens is 3. The molecule has 0 amide bonds. The summed E-state index contributed by atoms with van der Waals surface area (Å²) in [6, 6.07) is 4.24. The Morgan fingerprint density at radius 3 is 3.05 bits per heavy atom. The molecule has 5 nitrogen and oxygen atoms in total. The molecule has 0 saturated heterocycles. The van der Waals surface area contributed by atoms with Crippen molar-refractivity contribution in [3.63, 3.8) is 0 Å². The predicted molar refractivity (Wildman–Crippen MR) is 76.2 cm³/mol. The molecule has 2 aromatic rings. The van der Waals surface area contributed by atoms with Gasteiger partial charge in [-0.15, -0.1) is 0 Å². The zero-order valence-corrected chi connectivity index (χ0v) is 11.7. The first-order chi connectivity index (χ1) is 9.33. The van der Waals surface area contributed by atoms with Gasteiger partial charge in [-0.05, 0) is 18.6 Å². The number of nitrogens with zero attached hydrogens (tertiary/aromatic N) is 3. The molecule has 0 aromatic carbocycles. The van der Waals surface area contributed by atoms with Gasteiger partial charge in [-0.1, -0.05) is 6.92 Å². The first-order valence-corrected chi connectivity index (χ1v) is 6.72. The number of anilines is 1. The van der Waals surface area contributed by atoms with Crippen LogP contribution in [0.15, 0.2) is 30.7 Å². The smallest absolute Gasteiger partial charge is 0.0729 e. The number of aryl methyl sites for hydroxylation is 1. The monoisotopic (exact) mass is 262 g/mol. The molecule has 0 bridgehead atoms. The van der Waals surface area contributed by atoms with Crippen LogP contribution in [0.2, 0.25) is 0 Å². The summed E-state index contributed by atoms with van der Waals surface area (Å²) in [5, 5.41) is 7.68. The summed E-state index contributed by atoms with van der Waals surface area (Å²) in [7, 11) is 1.70. The van der Waals surface area contributed by atoms with E-state index in [4.69, 9.17) is 4.74 Å². The quantitative estimate of drug-likeness (QED) is 0.794. The van der Waals surface area contributed by atoms with Crippen molar-refractivity contribution in [1.82, 2.24) is 14.3 Å². The second kappa shape index (κ2) is 6.99. The summed E-state index contributed by atoms with van der Waals surface area (Å²) in [4.78, 5) is 0. The minimum absolute atomic E-state index is 0.681. The van der Waals surface area contributed by atoms with E-state index >= 15 is 0 Å². The molecule has 0 aliphatic carbocycles. The molecule has 19 heavy (non-hydrogen) atoms. The molecule has 0 saturated carbocycles. The first-order valence-electron chi connectivity index (χ1n) is 6.72. The molecule has 2 heterocycles. The maximum atomic E-state index is 5.03. The molecule has 0 radical (unpaired) electrons. The summed E-state index contributed by atoms with van der Waals surface area (Å²) in [6.07, 6.45) is 7.13. The summed E-state index contributed by atoms with van der Waals surface area (Å²) < 4.78 is 9.20. The Morgan fingerprint density at radius 1 is 1.37 bits per heavy atom. The molecule has 0 aliphatic rings. The fourth-order valence-corrected chi connectivity index (χ4v) is 2.02. The molecule has 5 heteroatoms. The van der Waals surface area contributed by atoms with Crippen LogP contribution in [0.5, 0.6) is 0 Å². The minimum atomic E-state index is 0.681. The summed E-state index contributed by atoms with van der Waals surface area (Å²) in [5.41, 5.74) is 2.34. The standard InChI is InChI=1S/C14H22N4O/c1-3-6-17-7-4-5-14(17)11-15-13-10-16-18(12-13)8-9-19-2/h4-5,7,10,12,15H,3,6,8-9,11H2,1-2H3. The predicted octanol–water partition coefficient (Wildman–Crippen LogP) is 2.35. The Morgan fingerprint density at radius 2 is 2.26 bits per heavy atom. The van der Waals surface area contributed by atoms with E-state index in [2.05, 4.69) is 40.2 Å². The van der Waals surface area contributed by atoms with Gasteiger partial charge >= 0.3 is 0 Å². The Kier molecular flexibility index (Phi) is 5.03. The van der Waals surface area contributed by atoms with Gasteiger partial charge in [-0.3, -0.25) is 4.68 Å². The van der Waals surface area contributed by atoms with Crippen LogP contribution in [-0.4, -0.2) is 28.1 Å². The fraction of sp³-hybridized carbons (Fsp3) is 0.500. The highest BCUT2D eigenvalue weighted by Gasteiger charge is 2.02. The fourth-order valence-electron chi connectivity index (χ4n) is 2.02. The lowest BCUT2D eigenvalue weighted by Gasteiger charge is -2.08. The molecule has 0 unspecified atom stereocenters. The number of methoxy groups -OCH3 is 1. The Balaban J connectivity index is 1.87. The van der Waals surface area contributed by atoms with E-state index in [1.54, 1.807) is 7.11 Å². The van der Waals surface area contributed by atoms with Crippen LogP contribution in [0.4, 0.5) is 5.69 Å². The summed E-state index contributed by atoms with van der Waals surface area (Å²) in [5.74, 6) is 0. The van der Waals surface area contributed by atoms with Crippen molar-refractivity contribution in [3.8, 4) is 0 Å². The van der Waals surface area contributed by atoms with Crippen LogP contribution in [0, 0.1) is 0 Å². The Bertz CT molecular complexity index is 489. The highest BCUT2D eigenvalue weighted by molar-refractivity contribution is 5.38. The van der Waals surface area contributed by atoms with Crippen molar-refractivity contribution in [2.75, 3.05) is 19.0 Å². The number of hydrogen-bond acceptors (Lipinski definition) is 3. The van der Waals surface area contributed by atoms with Crippen molar-refractivity contribution in [1.29, 1.82) is 0 Å². The number of ether oxygens (including phenoxy) is 1. The number of rotatable bonds is 8. The third-order valence-corrected chi connectivity index (χ3v) is 3.02. The van der Waals surface area contributed by atoms with E-state index < -0.39 is 0 Å². The van der Waals surface area contributed by atoms with E-state index in [1.807, 2.05) is 17.1 Å². The largest absolute Gasteiger partial charge is 0.383 e. The lowest BCUT2D eigenvalue weighted by Crippen LogP contribution is -2.07. The van der Waals surface area contributed by atoms with Gasteiger partial charge in [0.2, 0.25) is 0 Å². The maximum absolute atomic E-state index is 5.03. The molecular formula is C14H22N4O. The summed E-state index contributed by atoms with van der Waals surface area (Å²) >= 11 is 0. The van der Waals surface area contributed by atoms with Gasteiger partial charge in [0, 0.05) is 31.7 Å². The third kappa shape index (κ3) is 3.86. The van der Waals surface area contributed by atoms with Crippen molar-refractivity contribution in [2.45, 2.75) is 33.0 Å². The van der Waals surface area contributed by atoms with Gasteiger partial charge in [0.1, 0.15) is 0 Å². The highest BCUT2D eigenvalue weighted by Crippen LogP contribution is 2.09. The average molecular weight is 262 g/mol. The normalized spacial score (nSPS) is 10.8. The average Bonchev–Trinajstić information content (AvgIpc) is 3.03. The zero-order chi connectivity index (χ0) is 13.5. The first kappa shape index (κ1) is 13.7. The van der Waals surface area contributed by atoms with Crippen LogP contribution in [0.1, 0.15) is 19.0 Å². The molecule has 2 aromatic heterocycles. The lowest BCUT2D eigenvalue weighted by atomic mass is 10.4. The lowest BCUT2D eigenvalue weighted by molar-refractivity contribution is 0.183. The topological polar surface area (TPSA) is 44.0 Å². The molecule has 0 spiro atoms. The van der Waals surface area contributed by atoms with E-state index in [-0.39, 0.29) is 0 Å². The van der Waals surface area contributed by atoms with E-state index in [0.29, 0.717) is 6.61 Å². The van der Waals surface area contributed by atoms with Gasteiger partial charge in [-0.25, -0.2) is 0 Å². The van der Waals surface area contributed by atoms with Gasteiger partial charge in [0.15, 0.2) is 0 Å². The molecule has 1 N–H and O–H groups in total. The minimum Gasteiger partial charge on any atom is -0.383 e. The molecule has 0 fully saturated rings. The molecule has 2 rings (SSSR count). The van der Waals surface area contributed by atoms with E-state index in [0.717, 1.165) is 31.7 Å². The van der Waals surface area contributed by atoms with E-state index in [9.17, 15) is 0 Å². The van der Waals surface area contributed by atoms with Crippen molar-refractivity contribution < 1.29 is 4.74 Å². The van der Waals surface area contributed by atoms with Crippen LogP contribution in [0.25, 0.3) is 0 Å². The zero-order valence-electron chi connectivity index (χ0n) is 11.7. The molecule has 0 atom stereocenters. The Hall–Kier alpha value is -1.75. The van der Waals surface area contributed by atoms with Crippen LogP contribution < -0.4 is 5.32 Å². The second-order valence-corrected chi connectivity index (χ2v) is 4.53. The van der Waals surface area contributed by atoms with Gasteiger partial charge in [0.25, 0.3) is 0 Å². The highest BCUT2D eigenvalue weighted by atomic mass is 16.5. The number of nitrogens with one attached hydrogen (secondary N) is 1. The Labute approximate surface area is 114 Å². The van der Waals surface area contributed by atoms with Crippen LogP contribution in [0.3, 0.4) is 0 Å². The van der Waals surface area contributed by atoms with E-state index in [1.165, 1.54) is 5.69 Å². The van der Waals surface area contributed by atoms with Gasteiger partial charge < -0.3 is 14.6 Å². The maximum Gasteiger partial charge on any atom is 0.0729 e. The van der Waals surface area contributed by atoms with Gasteiger partial charge in [0.05, 0.1) is 31.6 Å². The SMILES string of the molecule is CCCn1cccc1CNc1cnn(CCOC)c1. The van der Waals surface area contributed by atoms with Gasteiger partial charge in [-0.2, -0.15) is 5.10 Å². The van der Waals surface area contributed by atoms with Crippen LogP contribution in [-0.2, 0) is 24.4 Å². The molecule has 104 valence electrons. The van der Waals surface area contributed by atoms with Crippen LogP contribution >= 0.6 is 0 Å². The van der Waals surface area contributed by atoms with Crippen molar-refractivity contribution in [2.24, 2.45) is 0 Å². The molecular weight excluding hydrogens is 240 g/mol. The third-order valence-electron chi connectivity index (χ3n) is 3.02. The van der Waals surface area contributed by atoms with Crippen molar-refractivity contribution in [3.05, 3.63) is 36.4 Å². The second-order valence-electron chi connectivity index (χ2n) is 4.53. The van der Waals surface area contributed by atoms with Crippen molar-refractivity contribution >= 4 is 5.69 Å².